The monoisotopic (exact) mass is 376 g/mol. The van der Waals surface area contributed by atoms with Crippen LogP contribution in [0.5, 0.6) is 17.5 Å². The molecule has 0 bridgehead atoms. The Bertz CT molecular complexity index is 1260. The molecule has 0 saturated heterocycles. The van der Waals surface area contributed by atoms with Gasteiger partial charge < -0.3 is 9.84 Å². The summed E-state index contributed by atoms with van der Waals surface area (Å²) in [5.74, 6) is -1.82. The Balaban J connectivity index is 2.15. The molecule has 0 radical (unpaired) electrons. The third-order valence-electron chi connectivity index (χ3n) is 3.97. The first-order valence-electron chi connectivity index (χ1n) is 7.24. The number of hydrogen-bond donors (Lipinski definition) is 5. The summed E-state index contributed by atoms with van der Waals surface area (Å²) >= 11 is 6.02. The molecule has 1 aliphatic heterocycles. The highest BCUT2D eigenvalue weighted by molar-refractivity contribution is 6.30. The molecule has 1 aromatic carbocycles. The lowest BCUT2D eigenvalue weighted by atomic mass is 9.85. The highest BCUT2D eigenvalue weighted by Crippen LogP contribution is 2.45. The Hall–Kier alpha value is -3.53. The van der Waals surface area contributed by atoms with Gasteiger partial charge in [-0.2, -0.15) is 0 Å². The Morgan fingerprint density at radius 2 is 1.58 bits per heavy atom. The van der Waals surface area contributed by atoms with E-state index in [1.165, 1.54) is 18.2 Å². The number of nitrogens with one attached hydrogen (secondary N) is 4. The summed E-state index contributed by atoms with van der Waals surface area (Å²) < 4.78 is 5.55. The third kappa shape index (κ3) is 2.35. The van der Waals surface area contributed by atoms with Crippen molar-refractivity contribution in [3.63, 3.8) is 0 Å². The molecule has 26 heavy (non-hydrogen) atoms. The van der Waals surface area contributed by atoms with Crippen LogP contribution < -0.4 is 27.2 Å². The minimum Gasteiger partial charge on any atom is -0.494 e. The minimum atomic E-state index is -1.14. The van der Waals surface area contributed by atoms with Gasteiger partial charge in [0.2, 0.25) is 11.8 Å². The summed E-state index contributed by atoms with van der Waals surface area (Å²) in [5.41, 5.74) is -3.54. The second-order valence-electron chi connectivity index (χ2n) is 5.54. The van der Waals surface area contributed by atoms with E-state index in [0.717, 1.165) is 0 Å². The number of hydrogen-bond acceptors (Lipinski definition) is 6. The van der Waals surface area contributed by atoms with Crippen LogP contribution in [0.2, 0.25) is 5.02 Å². The molecule has 1 unspecified atom stereocenters. The third-order valence-corrected chi connectivity index (χ3v) is 4.21. The molecule has 5 N–H and O–H groups in total. The van der Waals surface area contributed by atoms with Crippen LogP contribution in [0, 0.1) is 0 Å². The average Bonchev–Trinajstić information content (AvgIpc) is 2.53. The highest BCUT2D eigenvalue weighted by atomic mass is 35.5. The molecule has 11 heteroatoms. The molecular formula is C15H9ClN4O6. The van der Waals surface area contributed by atoms with Crippen molar-refractivity contribution in [2.75, 3.05) is 0 Å². The summed E-state index contributed by atoms with van der Waals surface area (Å²) in [4.78, 5) is 56.2. The van der Waals surface area contributed by atoms with Gasteiger partial charge in [0.1, 0.15) is 5.75 Å². The van der Waals surface area contributed by atoms with Gasteiger partial charge in [-0.15, -0.1) is 0 Å². The molecule has 2 aromatic heterocycles. The zero-order chi connectivity index (χ0) is 18.6. The molecule has 0 spiro atoms. The van der Waals surface area contributed by atoms with Gasteiger partial charge in [-0.3, -0.25) is 29.5 Å². The van der Waals surface area contributed by atoms with Gasteiger partial charge in [-0.1, -0.05) is 11.6 Å². The van der Waals surface area contributed by atoms with E-state index in [1.807, 2.05) is 9.97 Å². The molecule has 4 rings (SSSR count). The molecule has 0 amide bonds. The molecule has 1 aliphatic rings. The molecule has 1 atom stereocenters. The smallest absolute Gasteiger partial charge is 0.328 e. The van der Waals surface area contributed by atoms with E-state index in [0.29, 0.717) is 10.6 Å². The topological polar surface area (TPSA) is 161 Å². The molecule has 3 heterocycles. The average molecular weight is 377 g/mol. The van der Waals surface area contributed by atoms with E-state index in [9.17, 15) is 24.3 Å². The lowest BCUT2D eigenvalue weighted by Gasteiger charge is -2.26. The van der Waals surface area contributed by atoms with E-state index >= 15 is 0 Å². The van der Waals surface area contributed by atoms with Gasteiger partial charge in [0.05, 0.1) is 17.0 Å². The molecule has 10 nitrogen and oxygen atoms in total. The van der Waals surface area contributed by atoms with Crippen molar-refractivity contribution in [1.82, 2.24) is 19.9 Å². The number of halogens is 1. The number of benzene rings is 1. The largest absolute Gasteiger partial charge is 0.494 e. The number of ether oxygens (including phenoxy) is 1. The number of aromatic amines is 4. The van der Waals surface area contributed by atoms with Gasteiger partial charge in [0, 0.05) is 10.6 Å². The van der Waals surface area contributed by atoms with Crippen molar-refractivity contribution in [2.24, 2.45) is 0 Å². The van der Waals surface area contributed by atoms with Crippen LogP contribution in [0.1, 0.15) is 22.6 Å². The van der Waals surface area contributed by atoms with Crippen molar-refractivity contribution in [3.8, 4) is 17.5 Å². The van der Waals surface area contributed by atoms with Gasteiger partial charge in [0.15, 0.2) is 0 Å². The normalized spacial score (nSPS) is 15.0. The van der Waals surface area contributed by atoms with Crippen molar-refractivity contribution in [3.05, 3.63) is 81.6 Å². The summed E-state index contributed by atoms with van der Waals surface area (Å²) in [5, 5.41) is 10.5. The van der Waals surface area contributed by atoms with Crippen LogP contribution in [-0.2, 0) is 0 Å². The van der Waals surface area contributed by atoms with E-state index in [4.69, 9.17) is 16.3 Å². The van der Waals surface area contributed by atoms with E-state index in [2.05, 4.69) is 9.97 Å². The fourth-order valence-corrected chi connectivity index (χ4v) is 3.15. The summed E-state index contributed by atoms with van der Waals surface area (Å²) in [6, 6.07) is 4.47. The van der Waals surface area contributed by atoms with Crippen molar-refractivity contribution in [1.29, 1.82) is 0 Å². The molecular weight excluding hydrogens is 368 g/mol. The van der Waals surface area contributed by atoms with E-state index < -0.39 is 34.3 Å². The summed E-state index contributed by atoms with van der Waals surface area (Å²) in [7, 11) is 0. The second kappa shape index (κ2) is 5.49. The number of aromatic hydroxyl groups is 1. The van der Waals surface area contributed by atoms with Gasteiger partial charge in [-0.05, 0) is 18.2 Å². The van der Waals surface area contributed by atoms with Crippen molar-refractivity contribution >= 4 is 11.6 Å². The molecule has 0 fully saturated rings. The first-order valence-corrected chi connectivity index (χ1v) is 7.62. The maximum atomic E-state index is 12.4. The maximum Gasteiger partial charge on any atom is 0.328 e. The molecule has 0 aliphatic carbocycles. The molecule has 132 valence electrons. The fraction of sp³-hybridized carbons (Fsp3) is 0.0667. The minimum absolute atomic E-state index is 0.118. The van der Waals surface area contributed by atoms with Crippen LogP contribution in [0.3, 0.4) is 0 Å². The highest BCUT2D eigenvalue weighted by Gasteiger charge is 2.36. The maximum absolute atomic E-state index is 12.4. The van der Waals surface area contributed by atoms with Gasteiger partial charge >= 0.3 is 11.4 Å². The second-order valence-corrected chi connectivity index (χ2v) is 5.98. The van der Waals surface area contributed by atoms with Crippen LogP contribution in [-0.4, -0.2) is 25.0 Å². The first kappa shape index (κ1) is 16.0. The first-order chi connectivity index (χ1) is 12.3. The SMILES string of the molecule is O=c1[nH]c(O)c(C2c3cc(Cl)ccc3Oc3[nH]c(=O)[nH]c(=O)c32)c(=O)[nH]1. The summed E-state index contributed by atoms with van der Waals surface area (Å²) in [6.07, 6.45) is 0. The van der Waals surface area contributed by atoms with Crippen molar-refractivity contribution in [2.45, 2.75) is 5.92 Å². The van der Waals surface area contributed by atoms with Crippen LogP contribution in [0.15, 0.2) is 37.4 Å². The zero-order valence-corrected chi connectivity index (χ0v) is 13.4. The zero-order valence-electron chi connectivity index (χ0n) is 12.7. The van der Waals surface area contributed by atoms with Crippen LogP contribution in [0.25, 0.3) is 0 Å². The Morgan fingerprint density at radius 3 is 2.27 bits per heavy atom. The predicted molar refractivity (Wildman–Crippen MR) is 89.5 cm³/mol. The lowest BCUT2D eigenvalue weighted by molar-refractivity contribution is 0.416. The Labute approximate surface area is 147 Å². The molecule has 3 aromatic rings. The van der Waals surface area contributed by atoms with Crippen LogP contribution in [0.4, 0.5) is 0 Å². The predicted octanol–water partition coefficient (Wildman–Crippen LogP) is 0.0847. The fourth-order valence-electron chi connectivity index (χ4n) is 2.97. The van der Waals surface area contributed by atoms with Gasteiger partial charge in [0.25, 0.3) is 11.1 Å². The standard InChI is InChI=1S/C15H9ClN4O6/c16-4-1-2-6-5(3-4)7(8-10(21)17-14(24)18-11(8)22)9-12(23)19-15(25)20-13(9)26-6/h1-3,7H,(H2,19,20,23,25)(H3,17,18,21,22,24). The quantitative estimate of drug-likeness (QED) is 0.316. The lowest BCUT2D eigenvalue weighted by Crippen LogP contribution is -2.34. The number of aromatic nitrogens is 4. The Kier molecular flexibility index (Phi) is 3.37. The van der Waals surface area contributed by atoms with E-state index in [1.54, 1.807) is 0 Å². The number of rotatable bonds is 1. The van der Waals surface area contributed by atoms with Gasteiger partial charge in [-0.25, -0.2) is 9.59 Å². The van der Waals surface area contributed by atoms with Crippen molar-refractivity contribution < 1.29 is 9.84 Å². The number of H-pyrrole nitrogens is 4. The van der Waals surface area contributed by atoms with Crippen LogP contribution >= 0.6 is 11.6 Å². The molecule has 0 saturated carbocycles. The number of fused-ring (bicyclic) bond motifs is 2. The Morgan fingerprint density at radius 1 is 0.923 bits per heavy atom. The summed E-state index contributed by atoms with van der Waals surface area (Å²) in [6.45, 7) is 0. The van der Waals surface area contributed by atoms with E-state index in [-0.39, 0.29) is 22.8 Å².